The predicted octanol–water partition coefficient (Wildman–Crippen LogP) is 3.29. The van der Waals surface area contributed by atoms with Gasteiger partial charge in [0.05, 0.1) is 33.3 Å². The quantitative estimate of drug-likeness (QED) is 0.718. The lowest BCUT2D eigenvalue weighted by atomic mass is 9.80. The minimum absolute atomic E-state index is 0.169. The fourth-order valence-electron chi connectivity index (χ4n) is 3.94. The Balaban J connectivity index is 1.93. The molecule has 2 heterocycles. The molecule has 2 aliphatic rings. The van der Waals surface area contributed by atoms with E-state index in [1.165, 1.54) is 0 Å². The molecule has 0 saturated carbocycles. The summed E-state index contributed by atoms with van der Waals surface area (Å²) in [5.41, 5.74) is 1.67. The van der Waals surface area contributed by atoms with Gasteiger partial charge in [-0.25, -0.2) is 4.68 Å². The van der Waals surface area contributed by atoms with Crippen molar-refractivity contribution >= 4 is 23.5 Å². The van der Waals surface area contributed by atoms with Crippen molar-refractivity contribution in [1.82, 2.24) is 14.8 Å². The normalized spacial score (nSPS) is 20.3. The Morgan fingerprint density at radius 2 is 1.90 bits per heavy atom. The van der Waals surface area contributed by atoms with E-state index in [0.717, 1.165) is 23.4 Å². The number of hydrogen-bond acceptors (Lipinski definition) is 8. The van der Waals surface area contributed by atoms with Crippen molar-refractivity contribution in [2.45, 2.75) is 31.0 Å². The Morgan fingerprint density at radius 3 is 2.59 bits per heavy atom. The molecule has 29 heavy (non-hydrogen) atoms. The average Bonchev–Trinajstić information content (AvgIpc) is 3.13. The molecule has 1 aliphatic heterocycles. The van der Waals surface area contributed by atoms with Crippen LogP contribution in [0.5, 0.6) is 17.2 Å². The van der Waals surface area contributed by atoms with Gasteiger partial charge in [-0.15, -0.1) is 5.10 Å². The van der Waals surface area contributed by atoms with Crippen molar-refractivity contribution in [3.63, 3.8) is 0 Å². The average molecular weight is 417 g/mol. The second-order valence-corrected chi connectivity index (χ2v) is 7.99. The number of methoxy groups -OCH3 is 3. The Morgan fingerprint density at radius 1 is 1.17 bits per heavy atom. The highest BCUT2D eigenvalue weighted by atomic mass is 32.2. The van der Waals surface area contributed by atoms with Gasteiger partial charge in [0, 0.05) is 23.7 Å². The lowest BCUT2D eigenvalue weighted by molar-refractivity contribution is -0.123. The summed E-state index contributed by atoms with van der Waals surface area (Å²) in [6.45, 7) is 2.05. The van der Waals surface area contributed by atoms with Crippen LogP contribution in [0.15, 0.2) is 29.1 Å². The van der Waals surface area contributed by atoms with E-state index in [2.05, 4.69) is 23.3 Å². The molecule has 154 valence electrons. The van der Waals surface area contributed by atoms with Gasteiger partial charge in [0.15, 0.2) is 11.5 Å². The maximum Gasteiger partial charge on any atom is 0.227 e. The van der Waals surface area contributed by atoms with Crippen molar-refractivity contribution in [3.05, 3.63) is 29.5 Å². The maximum absolute atomic E-state index is 13.0. The third-order valence-corrected chi connectivity index (χ3v) is 5.93. The van der Waals surface area contributed by atoms with Crippen LogP contribution < -0.4 is 19.5 Å². The van der Waals surface area contributed by atoms with Crippen LogP contribution in [-0.4, -0.2) is 47.6 Å². The third kappa shape index (κ3) is 3.33. The van der Waals surface area contributed by atoms with Gasteiger partial charge in [0.25, 0.3) is 0 Å². The van der Waals surface area contributed by atoms with Gasteiger partial charge in [-0.3, -0.25) is 4.79 Å². The number of aromatic nitrogens is 3. The molecule has 9 heteroatoms. The van der Waals surface area contributed by atoms with Crippen LogP contribution >= 0.6 is 11.8 Å². The minimum Gasteiger partial charge on any atom is -0.496 e. The number of carbonyl (C=O) groups excluding carboxylic acids is 1. The van der Waals surface area contributed by atoms with E-state index in [9.17, 15) is 4.79 Å². The fraction of sp³-hybridized carbons (Fsp3) is 0.450. The molecule has 1 aromatic carbocycles. The molecule has 8 nitrogen and oxygen atoms in total. The molecular weight excluding hydrogens is 392 g/mol. The fourth-order valence-corrected chi connectivity index (χ4v) is 4.49. The van der Waals surface area contributed by atoms with E-state index in [4.69, 9.17) is 19.3 Å². The molecule has 1 aliphatic carbocycles. The predicted molar refractivity (Wildman–Crippen MR) is 110 cm³/mol. The molecule has 0 amide bonds. The van der Waals surface area contributed by atoms with Gasteiger partial charge in [0.2, 0.25) is 11.1 Å². The smallest absolute Gasteiger partial charge is 0.227 e. The van der Waals surface area contributed by atoms with Gasteiger partial charge in [-0.1, -0.05) is 24.8 Å². The number of thioether (sulfide) groups is 1. The standard InChI is InChI=1S/C20H24N4O4S/c1-5-29-20-22-19-21-12-7-6-8-13(25)17(12)18(24(19)23-20)11-9-15(27-3)16(28-4)10-14(11)26-2/h7,9-10,17-18H,5-6,8H2,1-4H3,(H,21,22,23)/t17-,18-/m0/s1. The van der Waals surface area contributed by atoms with E-state index < -0.39 is 6.04 Å². The Bertz CT molecular complexity index is 972. The number of nitrogens with one attached hydrogen (secondary N) is 1. The molecule has 1 aromatic heterocycles. The second-order valence-electron chi connectivity index (χ2n) is 6.76. The number of rotatable bonds is 6. The Kier molecular flexibility index (Phi) is 5.40. The summed E-state index contributed by atoms with van der Waals surface area (Å²) < 4.78 is 18.4. The number of carbonyl (C=O) groups is 1. The number of Topliss-reactive ketones (excluding diaryl/α,β-unsaturated/α-hetero) is 1. The first-order valence-corrected chi connectivity index (χ1v) is 10.5. The summed E-state index contributed by atoms with van der Waals surface area (Å²) in [6, 6.07) is 3.26. The Hall–Kier alpha value is -2.68. The number of nitrogens with zero attached hydrogens (tertiary/aromatic N) is 3. The van der Waals surface area contributed by atoms with E-state index in [-0.39, 0.29) is 11.7 Å². The molecule has 4 rings (SSSR count). The summed E-state index contributed by atoms with van der Waals surface area (Å²) in [7, 11) is 4.77. The van der Waals surface area contributed by atoms with Crippen molar-refractivity contribution in [2.75, 3.05) is 32.4 Å². The van der Waals surface area contributed by atoms with Crippen LogP contribution in [-0.2, 0) is 4.79 Å². The van der Waals surface area contributed by atoms with E-state index in [0.29, 0.717) is 34.8 Å². The molecule has 0 saturated heterocycles. The molecule has 0 spiro atoms. The highest BCUT2D eigenvalue weighted by Crippen LogP contribution is 2.47. The van der Waals surface area contributed by atoms with Crippen LogP contribution in [0.3, 0.4) is 0 Å². The molecule has 0 radical (unpaired) electrons. The number of benzene rings is 1. The van der Waals surface area contributed by atoms with Gasteiger partial charge in [-0.05, 0) is 18.2 Å². The monoisotopic (exact) mass is 416 g/mol. The van der Waals surface area contributed by atoms with Crippen LogP contribution in [0.2, 0.25) is 0 Å². The summed E-state index contributed by atoms with van der Waals surface area (Å²) in [6.07, 6.45) is 3.30. The topological polar surface area (TPSA) is 87.5 Å². The van der Waals surface area contributed by atoms with Crippen molar-refractivity contribution < 1.29 is 19.0 Å². The summed E-state index contributed by atoms with van der Waals surface area (Å²) in [5.74, 6) is 3.01. The number of anilines is 1. The largest absolute Gasteiger partial charge is 0.496 e. The summed E-state index contributed by atoms with van der Waals surface area (Å²) >= 11 is 1.56. The van der Waals surface area contributed by atoms with Crippen molar-refractivity contribution in [1.29, 1.82) is 0 Å². The van der Waals surface area contributed by atoms with Crippen LogP contribution in [0, 0.1) is 5.92 Å². The molecule has 0 unspecified atom stereocenters. The summed E-state index contributed by atoms with van der Waals surface area (Å²) in [4.78, 5) is 17.6. The first kappa shape index (κ1) is 19.6. The van der Waals surface area contributed by atoms with Crippen LogP contribution in [0.4, 0.5) is 5.95 Å². The van der Waals surface area contributed by atoms with Gasteiger partial charge >= 0.3 is 0 Å². The lowest BCUT2D eigenvalue weighted by Crippen LogP contribution is -2.39. The first-order valence-electron chi connectivity index (χ1n) is 9.50. The zero-order valence-corrected chi connectivity index (χ0v) is 17.7. The minimum atomic E-state index is -0.390. The zero-order valence-electron chi connectivity index (χ0n) is 16.9. The lowest BCUT2D eigenvalue weighted by Gasteiger charge is -2.36. The molecular formula is C20H24N4O4S. The SMILES string of the molecule is CCSc1nc2n(n1)[C@@H](c1cc(OC)c(OC)cc1OC)[C@@H]1C(=O)CCC=C1N2. The molecule has 0 bridgehead atoms. The van der Waals surface area contributed by atoms with Crippen molar-refractivity contribution in [3.8, 4) is 17.2 Å². The number of allylic oxidation sites excluding steroid dienone is 2. The van der Waals surface area contributed by atoms with Crippen molar-refractivity contribution in [2.24, 2.45) is 5.92 Å². The molecule has 1 N–H and O–H groups in total. The second kappa shape index (κ2) is 7.98. The van der Waals surface area contributed by atoms with Crippen LogP contribution in [0.1, 0.15) is 31.4 Å². The van der Waals surface area contributed by atoms with E-state index in [1.54, 1.807) is 43.8 Å². The molecule has 2 atom stereocenters. The number of ketones is 1. The third-order valence-electron chi connectivity index (χ3n) is 5.21. The first-order chi connectivity index (χ1) is 14.1. The Labute approximate surface area is 173 Å². The van der Waals surface area contributed by atoms with Gasteiger partial charge in [-0.2, -0.15) is 4.98 Å². The number of fused-ring (bicyclic) bond motifs is 2. The highest BCUT2D eigenvalue weighted by Gasteiger charge is 2.43. The van der Waals surface area contributed by atoms with Gasteiger partial charge in [0.1, 0.15) is 11.5 Å². The van der Waals surface area contributed by atoms with E-state index >= 15 is 0 Å². The summed E-state index contributed by atoms with van der Waals surface area (Å²) in [5, 5.41) is 8.68. The number of hydrogen-bond donors (Lipinski definition) is 1. The zero-order chi connectivity index (χ0) is 20.5. The molecule has 0 fully saturated rings. The van der Waals surface area contributed by atoms with E-state index in [1.807, 2.05) is 6.07 Å². The highest BCUT2D eigenvalue weighted by molar-refractivity contribution is 7.99. The maximum atomic E-state index is 13.0. The van der Waals surface area contributed by atoms with Gasteiger partial charge < -0.3 is 19.5 Å². The number of ether oxygens (including phenoxy) is 3. The molecule has 2 aromatic rings. The van der Waals surface area contributed by atoms with Crippen LogP contribution in [0.25, 0.3) is 0 Å².